The van der Waals surface area contributed by atoms with Crippen LogP contribution in [0.1, 0.15) is 31.2 Å². The number of hydrogen-bond donors (Lipinski definition) is 1. The Kier molecular flexibility index (Phi) is 6.29. The van der Waals surface area contributed by atoms with Gasteiger partial charge in [0.25, 0.3) is 0 Å². The zero-order valence-electron chi connectivity index (χ0n) is 11.3. The summed E-state index contributed by atoms with van der Waals surface area (Å²) in [7, 11) is 0. The van der Waals surface area contributed by atoms with Crippen LogP contribution in [0, 0.1) is 0 Å². The van der Waals surface area contributed by atoms with Gasteiger partial charge in [-0.05, 0) is 37.2 Å². The van der Waals surface area contributed by atoms with Gasteiger partial charge in [0.15, 0.2) is 0 Å². The third kappa shape index (κ3) is 3.74. The summed E-state index contributed by atoms with van der Waals surface area (Å²) >= 11 is 12.7. The summed E-state index contributed by atoms with van der Waals surface area (Å²) in [5.41, 5.74) is 1.22. The topological polar surface area (TPSA) is 12.0 Å². The van der Waals surface area contributed by atoms with Crippen LogP contribution in [0.2, 0.25) is 0 Å². The molecule has 0 bridgehead atoms. The van der Waals surface area contributed by atoms with Crippen molar-refractivity contribution in [1.82, 2.24) is 5.32 Å². The Morgan fingerprint density at radius 2 is 1.75 bits per heavy atom. The minimum absolute atomic E-state index is 0.451. The average Bonchev–Trinajstić information content (AvgIpc) is 2.84. The molecule has 0 amide bonds. The fourth-order valence-corrected chi connectivity index (χ4v) is 6.33. The van der Waals surface area contributed by atoms with Crippen LogP contribution >= 0.6 is 59.1 Å². The summed E-state index contributed by atoms with van der Waals surface area (Å²) in [6, 6.07) is 9.06. The minimum Gasteiger partial charge on any atom is -0.310 e. The SMILES string of the molecule is CCNC(CC)c1ccc(-c2c(Br)cc(Br)cc2Br)s1. The number of hydrogen-bond acceptors (Lipinski definition) is 2. The van der Waals surface area contributed by atoms with Crippen LogP contribution in [0.4, 0.5) is 0 Å². The van der Waals surface area contributed by atoms with Crippen LogP contribution in [0.3, 0.4) is 0 Å². The van der Waals surface area contributed by atoms with E-state index in [9.17, 15) is 0 Å². The monoisotopic (exact) mass is 479 g/mol. The lowest BCUT2D eigenvalue weighted by atomic mass is 10.1. The zero-order chi connectivity index (χ0) is 14.7. The van der Waals surface area contributed by atoms with Crippen LogP contribution in [-0.2, 0) is 0 Å². The van der Waals surface area contributed by atoms with E-state index in [-0.39, 0.29) is 0 Å². The first-order valence-electron chi connectivity index (χ1n) is 6.54. The molecule has 0 spiro atoms. The third-order valence-corrected chi connectivity index (χ3v) is 6.01. The van der Waals surface area contributed by atoms with Crippen LogP contribution in [0.25, 0.3) is 10.4 Å². The number of benzene rings is 1. The molecule has 1 aromatic heterocycles. The van der Waals surface area contributed by atoms with Crippen LogP contribution < -0.4 is 5.32 Å². The first kappa shape index (κ1) is 16.7. The van der Waals surface area contributed by atoms with E-state index in [4.69, 9.17) is 0 Å². The van der Waals surface area contributed by atoms with Gasteiger partial charge < -0.3 is 5.32 Å². The lowest BCUT2D eigenvalue weighted by Gasteiger charge is -2.13. The Bertz CT molecular complexity index is 572. The highest BCUT2D eigenvalue weighted by Crippen LogP contribution is 2.41. The van der Waals surface area contributed by atoms with Crippen molar-refractivity contribution in [1.29, 1.82) is 0 Å². The molecule has 0 aliphatic heterocycles. The van der Waals surface area contributed by atoms with E-state index in [0.717, 1.165) is 26.4 Å². The Morgan fingerprint density at radius 1 is 1.10 bits per heavy atom. The smallest absolute Gasteiger partial charge is 0.0412 e. The van der Waals surface area contributed by atoms with Crippen LogP contribution in [0.15, 0.2) is 37.7 Å². The molecule has 0 saturated heterocycles. The number of rotatable bonds is 5. The largest absolute Gasteiger partial charge is 0.310 e. The van der Waals surface area contributed by atoms with E-state index in [2.05, 4.69) is 91.2 Å². The molecule has 20 heavy (non-hydrogen) atoms. The Balaban J connectivity index is 2.38. The Labute approximate surface area is 149 Å². The molecule has 0 saturated carbocycles. The van der Waals surface area contributed by atoms with Gasteiger partial charge in [0, 0.05) is 34.8 Å². The van der Waals surface area contributed by atoms with Gasteiger partial charge in [-0.3, -0.25) is 0 Å². The van der Waals surface area contributed by atoms with Crippen molar-refractivity contribution in [2.24, 2.45) is 0 Å². The highest BCUT2D eigenvalue weighted by Gasteiger charge is 2.15. The molecule has 0 aliphatic carbocycles. The summed E-state index contributed by atoms with van der Waals surface area (Å²) in [5.74, 6) is 0. The third-order valence-electron chi connectivity index (χ3n) is 3.08. The van der Waals surface area contributed by atoms with Gasteiger partial charge in [-0.25, -0.2) is 0 Å². The van der Waals surface area contributed by atoms with Crippen molar-refractivity contribution >= 4 is 59.1 Å². The quantitative estimate of drug-likeness (QED) is 0.497. The molecule has 0 aliphatic rings. The molecule has 1 heterocycles. The summed E-state index contributed by atoms with van der Waals surface area (Å²) in [4.78, 5) is 2.67. The van der Waals surface area contributed by atoms with E-state index in [1.807, 2.05) is 11.3 Å². The maximum atomic E-state index is 3.66. The van der Waals surface area contributed by atoms with Crippen molar-refractivity contribution in [3.63, 3.8) is 0 Å². The first-order valence-corrected chi connectivity index (χ1v) is 9.74. The summed E-state index contributed by atoms with van der Waals surface area (Å²) < 4.78 is 3.27. The van der Waals surface area contributed by atoms with Crippen molar-refractivity contribution in [3.8, 4) is 10.4 Å². The normalized spacial score (nSPS) is 12.7. The molecule has 5 heteroatoms. The standard InChI is InChI=1S/C15H16Br3NS/c1-3-12(19-4-2)13-5-6-14(20-13)15-10(17)7-9(16)8-11(15)18/h5-8,12,19H,3-4H2,1-2H3. The summed E-state index contributed by atoms with van der Waals surface area (Å²) in [6.07, 6.45) is 1.11. The number of halogens is 3. The molecule has 108 valence electrons. The number of nitrogens with one attached hydrogen (secondary N) is 1. The van der Waals surface area contributed by atoms with E-state index < -0.39 is 0 Å². The molecule has 1 unspecified atom stereocenters. The molecule has 1 N–H and O–H groups in total. The van der Waals surface area contributed by atoms with Gasteiger partial charge in [0.1, 0.15) is 0 Å². The van der Waals surface area contributed by atoms with E-state index >= 15 is 0 Å². The molecule has 1 aromatic carbocycles. The summed E-state index contributed by atoms with van der Waals surface area (Å²) in [6.45, 7) is 5.37. The van der Waals surface area contributed by atoms with Crippen LogP contribution in [-0.4, -0.2) is 6.54 Å². The van der Waals surface area contributed by atoms with Gasteiger partial charge in [0.2, 0.25) is 0 Å². The van der Waals surface area contributed by atoms with Gasteiger partial charge in [-0.1, -0.05) is 61.6 Å². The maximum absolute atomic E-state index is 3.66. The Hall–Kier alpha value is 0.320. The van der Waals surface area contributed by atoms with E-state index in [1.165, 1.54) is 15.3 Å². The molecule has 2 aromatic rings. The minimum atomic E-state index is 0.451. The van der Waals surface area contributed by atoms with Gasteiger partial charge in [-0.15, -0.1) is 11.3 Å². The maximum Gasteiger partial charge on any atom is 0.0412 e. The van der Waals surface area contributed by atoms with Gasteiger partial charge >= 0.3 is 0 Å². The van der Waals surface area contributed by atoms with E-state index in [0.29, 0.717) is 6.04 Å². The van der Waals surface area contributed by atoms with Crippen molar-refractivity contribution in [2.45, 2.75) is 26.3 Å². The lowest BCUT2D eigenvalue weighted by molar-refractivity contribution is 0.545. The second-order valence-electron chi connectivity index (χ2n) is 4.46. The first-order chi connectivity index (χ1) is 9.56. The second-order valence-corrected chi connectivity index (χ2v) is 8.20. The lowest BCUT2D eigenvalue weighted by Crippen LogP contribution is -2.18. The number of thiophene rings is 1. The molecule has 1 atom stereocenters. The summed E-state index contributed by atoms with van der Waals surface area (Å²) in [5, 5.41) is 3.53. The molecule has 0 radical (unpaired) electrons. The van der Waals surface area contributed by atoms with Crippen LogP contribution in [0.5, 0.6) is 0 Å². The van der Waals surface area contributed by atoms with Crippen molar-refractivity contribution in [2.75, 3.05) is 6.54 Å². The predicted octanol–water partition coefficient (Wildman–Crippen LogP) is 6.76. The fraction of sp³-hybridized carbons (Fsp3) is 0.333. The fourth-order valence-electron chi connectivity index (χ4n) is 2.14. The molecular formula is C15H16Br3NS. The van der Waals surface area contributed by atoms with Crippen molar-refractivity contribution in [3.05, 3.63) is 42.6 Å². The van der Waals surface area contributed by atoms with Gasteiger partial charge in [0.05, 0.1) is 0 Å². The molecule has 2 rings (SSSR count). The van der Waals surface area contributed by atoms with Gasteiger partial charge in [-0.2, -0.15) is 0 Å². The second kappa shape index (κ2) is 7.54. The molecule has 0 fully saturated rings. The molecule has 1 nitrogen and oxygen atoms in total. The Morgan fingerprint density at radius 3 is 2.30 bits per heavy atom. The zero-order valence-corrected chi connectivity index (χ0v) is 16.9. The highest BCUT2D eigenvalue weighted by atomic mass is 79.9. The predicted molar refractivity (Wildman–Crippen MR) is 99.6 cm³/mol. The average molecular weight is 482 g/mol. The van der Waals surface area contributed by atoms with Crippen molar-refractivity contribution < 1.29 is 0 Å². The highest BCUT2D eigenvalue weighted by molar-refractivity contribution is 9.11. The van der Waals surface area contributed by atoms with E-state index in [1.54, 1.807) is 0 Å². The molecular weight excluding hydrogens is 466 g/mol.